The lowest BCUT2D eigenvalue weighted by Crippen LogP contribution is -2.25. The van der Waals surface area contributed by atoms with Gasteiger partial charge in [0.05, 0.1) is 10.7 Å². The summed E-state index contributed by atoms with van der Waals surface area (Å²) < 4.78 is 47.2. The molecule has 0 aliphatic rings. The van der Waals surface area contributed by atoms with Crippen molar-refractivity contribution in [3.05, 3.63) is 57.0 Å². The summed E-state index contributed by atoms with van der Waals surface area (Å²) in [6.07, 6.45) is -3.01. The summed E-state index contributed by atoms with van der Waals surface area (Å²) in [6.45, 7) is 6.85. The molecule has 0 aliphatic carbocycles. The van der Waals surface area contributed by atoms with Crippen molar-refractivity contribution in [2.24, 2.45) is 0 Å². The highest BCUT2D eigenvalue weighted by Crippen LogP contribution is 2.33. The van der Waals surface area contributed by atoms with Gasteiger partial charge in [0.1, 0.15) is 22.1 Å². The Labute approximate surface area is 186 Å². The van der Waals surface area contributed by atoms with Gasteiger partial charge in [-0.1, -0.05) is 23.2 Å². The van der Waals surface area contributed by atoms with E-state index in [1.807, 2.05) is 0 Å². The molecule has 5 nitrogen and oxygen atoms in total. The maximum absolute atomic E-state index is 12.7. The second-order valence-electron chi connectivity index (χ2n) is 7.95. The molecule has 0 atom stereocenters. The van der Waals surface area contributed by atoms with Crippen LogP contribution in [0.2, 0.25) is 10.2 Å². The Morgan fingerprint density at radius 1 is 1.16 bits per heavy atom. The van der Waals surface area contributed by atoms with Gasteiger partial charge in [0.15, 0.2) is 0 Å². The lowest BCUT2D eigenvalue weighted by molar-refractivity contribution is -0.274. The number of hydrogen-bond donors (Lipinski definition) is 1. The highest BCUT2D eigenvalue weighted by molar-refractivity contribution is 6.36. The molecule has 1 aromatic carbocycles. The van der Waals surface area contributed by atoms with E-state index in [4.69, 9.17) is 27.9 Å². The summed E-state index contributed by atoms with van der Waals surface area (Å²) >= 11 is 12.3. The maximum Gasteiger partial charge on any atom is 0.573 e. The number of carbonyl (C=O) groups is 1. The van der Waals surface area contributed by atoms with Crippen LogP contribution in [0.25, 0.3) is 10.9 Å². The van der Waals surface area contributed by atoms with Gasteiger partial charge >= 0.3 is 12.3 Å². The molecule has 10 heteroatoms. The normalized spacial score (nSPS) is 12.3. The maximum atomic E-state index is 12.7. The number of carbonyl (C=O) groups excluding carboxylic acids is 1. The molecule has 2 aromatic heterocycles. The Kier molecular flexibility index (Phi) is 6.17. The van der Waals surface area contributed by atoms with Crippen molar-refractivity contribution in [1.82, 2.24) is 9.97 Å². The molecular formula is C21H19Cl2F3N2O3. The molecule has 1 N–H and O–H groups in total. The molecule has 0 saturated carbocycles. The molecule has 0 fully saturated rings. The average Bonchev–Trinajstić information content (AvgIpc) is 2.93. The van der Waals surface area contributed by atoms with E-state index < -0.39 is 17.9 Å². The number of H-pyrrole nitrogens is 1. The van der Waals surface area contributed by atoms with Gasteiger partial charge < -0.3 is 14.5 Å². The minimum absolute atomic E-state index is 0.0880. The zero-order valence-corrected chi connectivity index (χ0v) is 18.6. The Bertz CT molecular complexity index is 1150. The number of benzene rings is 1. The molecule has 31 heavy (non-hydrogen) atoms. The Balaban J connectivity index is 2.04. The van der Waals surface area contributed by atoms with E-state index in [1.165, 1.54) is 18.2 Å². The fourth-order valence-electron chi connectivity index (χ4n) is 3.25. The van der Waals surface area contributed by atoms with E-state index in [0.717, 1.165) is 0 Å². The molecule has 0 spiro atoms. The average molecular weight is 475 g/mol. The summed E-state index contributed by atoms with van der Waals surface area (Å²) in [4.78, 5) is 19.9. The molecule has 0 bridgehead atoms. The van der Waals surface area contributed by atoms with Crippen molar-refractivity contribution >= 4 is 40.1 Å². The van der Waals surface area contributed by atoms with Gasteiger partial charge in [-0.2, -0.15) is 0 Å². The predicted molar refractivity (Wildman–Crippen MR) is 112 cm³/mol. The topological polar surface area (TPSA) is 64.2 Å². The van der Waals surface area contributed by atoms with Crippen LogP contribution in [-0.2, 0) is 11.2 Å². The van der Waals surface area contributed by atoms with Gasteiger partial charge in [0, 0.05) is 29.6 Å². The summed E-state index contributed by atoms with van der Waals surface area (Å²) in [7, 11) is 0. The molecule has 0 radical (unpaired) electrons. The zero-order valence-electron chi connectivity index (χ0n) is 17.1. The summed E-state index contributed by atoms with van der Waals surface area (Å²) in [5.74, 6) is -0.974. The van der Waals surface area contributed by atoms with Gasteiger partial charge in [0.25, 0.3) is 0 Å². The first kappa shape index (κ1) is 23.2. The van der Waals surface area contributed by atoms with Crippen LogP contribution in [0.4, 0.5) is 13.2 Å². The Morgan fingerprint density at radius 2 is 1.84 bits per heavy atom. The van der Waals surface area contributed by atoms with Gasteiger partial charge in [-0.15, -0.1) is 13.2 Å². The minimum Gasteiger partial charge on any atom is -0.456 e. The van der Waals surface area contributed by atoms with Gasteiger partial charge in [-0.25, -0.2) is 9.78 Å². The number of ether oxygens (including phenoxy) is 2. The lowest BCUT2D eigenvalue weighted by Gasteiger charge is -2.21. The van der Waals surface area contributed by atoms with Crippen LogP contribution in [0.15, 0.2) is 24.4 Å². The van der Waals surface area contributed by atoms with Crippen molar-refractivity contribution in [3.63, 3.8) is 0 Å². The van der Waals surface area contributed by atoms with Crippen molar-refractivity contribution < 1.29 is 27.4 Å². The monoisotopic (exact) mass is 474 g/mol. The lowest BCUT2D eigenvalue weighted by atomic mass is 10.0. The first-order valence-electron chi connectivity index (χ1n) is 9.18. The molecule has 2 heterocycles. The molecule has 3 aromatic rings. The van der Waals surface area contributed by atoms with E-state index in [9.17, 15) is 18.0 Å². The summed E-state index contributed by atoms with van der Waals surface area (Å²) in [5, 5.41) is 0.883. The third kappa shape index (κ3) is 5.62. The Hall–Kier alpha value is -2.45. The van der Waals surface area contributed by atoms with Crippen LogP contribution >= 0.6 is 23.2 Å². The molecule has 0 saturated heterocycles. The third-order valence-electron chi connectivity index (χ3n) is 4.24. The number of hydrogen-bond acceptors (Lipinski definition) is 4. The molecule has 166 valence electrons. The quantitative estimate of drug-likeness (QED) is 0.340. The highest BCUT2D eigenvalue weighted by atomic mass is 35.5. The number of rotatable bonds is 4. The fourth-order valence-corrected chi connectivity index (χ4v) is 3.80. The predicted octanol–water partition coefficient (Wildman–Crippen LogP) is 6.62. The van der Waals surface area contributed by atoms with Crippen LogP contribution < -0.4 is 4.74 Å². The van der Waals surface area contributed by atoms with E-state index in [0.29, 0.717) is 27.7 Å². The van der Waals surface area contributed by atoms with Crippen LogP contribution in [0, 0.1) is 6.92 Å². The number of aryl methyl sites for hydroxylation is 1. The summed E-state index contributed by atoms with van der Waals surface area (Å²) in [6, 6.07) is 3.90. The van der Waals surface area contributed by atoms with E-state index in [1.54, 1.807) is 33.9 Å². The standard InChI is InChI=1S/C21H19Cl2F3N2O3/c1-10-5-12(30-21(24,25)26)7-14-17(10)11(9-27-14)6-15-18(13(22)8-16(23)28-15)19(29)31-20(2,3)4/h5,7-9,27H,6H2,1-4H3. The van der Waals surface area contributed by atoms with E-state index in [-0.39, 0.29) is 27.9 Å². The van der Waals surface area contributed by atoms with Gasteiger partial charge in [0.2, 0.25) is 0 Å². The first-order valence-corrected chi connectivity index (χ1v) is 9.94. The van der Waals surface area contributed by atoms with Crippen LogP contribution in [-0.4, -0.2) is 27.9 Å². The van der Waals surface area contributed by atoms with Crippen molar-refractivity contribution in [2.45, 2.75) is 46.1 Å². The fraction of sp³-hybridized carbons (Fsp3) is 0.333. The number of fused-ring (bicyclic) bond motifs is 1. The molecular weight excluding hydrogens is 456 g/mol. The number of pyridine rings is 1. The second-order valence-corrected chi connectivity index (χ2v) is 8.75. The largest absolute Gasteiger partial charge is 0.573 e. The number of halogens is 5. The molecule has 0 unspecified atom stereocenters. The number of nitrogens with zero attached hydrogens (tertiary/aromatic N) is 1. The summed E-state index contributed by atoms with van der Waals surface area (Å²) in [5.41, 5.74) is 1.33. The minimum atomic E-state index is -4.79. The SMILES string of the molecule is Cc1cc(OC(F)(F)F)cc2[nH]cc(Cc3nc(Cl)cc(Cl)c3C(=O)OC(C)(C)C)c12. The zero-order chi connectivity index (χ0) is 23.1. The first-order chi connectivity index (χ1) is 14.2. The van der Waals surface area contributed by atoms with Crippen molar-refractivity contribution in [2.75, 3.05) is 0 Å². The van der Waals surface area contributed by atoms with Crippen molar-refractivity contribution in [3.8, 4) is 5.75 Å². The van der Waals surface area contributed by atoms with Crippen LogP contribution in [0.3, 0.4) is 0 Å². The van der Waals surface area contributed by atoms with Gasteiger partial charge in [-0.3, -0.25) is 0 Å². The smallest absolute Gasteiger partial charge is 0.456 e. The second kappa shape index (κ2) is 8.24. The number of nitrogens with one attached hydrogen (secondary N) is 1. The number of aromatic nitrogens is 2. The number of alkyl halides is 3. The number of aromatic amines is 1. The van der Waals surface area contributed by atoms with Crippen molar-refractivity contribution in [1.29, 1.82) is 0 Å². The van der Waals surface area contributed by atoms with Crippen LogP contribution in [0.5, 0.6) is 5.75 Å². The molecule has 0 aliphatic heterocycles. The van der Waals surface area contributed by atoms with Gasteiger partial charge in [-0.05, 0) is 51.0 Å². The van der Waals surface area contributed by atoms with E-state index in [2.05, 4.69) is 14.7 Å². The Morgan fingerprint density at radius 3 is 2.45 bits per heavy atom. The van der Waals surface area contributed by atoms with Crippen LogP contribution in [0.1, 0.15) is 48.0 Å². The molecule has 0 amide bonds. The number of esters is 1. The molecule has 3 rings (SSSR count). The third-order valence-corrected chi connectivity index (χ3v) is 4.73. The van der Waals surface area contributed by atoms with E-state index >= 15 is 0 Å². The highest BCUT2D eigenvalue weighted by Gasteiger charge is 2.31.